The lowest BCUT2D eigenvalue weighted by Crippen LogP contribution is -2.49. The van der Waals surface area contributed by atoms with Crippen molar-refractivity contribution in [1.82, 2.24) is 4.90 Å². The number of hydrogen-bond donors (Lipinski definition) is 1. The summed E-state index contributed by atoms with van der Waals surface area (Å²) < 4.78 is 23.7. The van der Waals surface area contributed by atoms with Gasteiger partial charge in [-0.1, -0.05) is 0 Å². The zero-order valence-corrected chi connectivity index (χ0v) is 14.2. The van der Waals surface area contributed by atoms with E-state index >= 15 is 0 Å². The van der Waals surface area contributed by atoms with Crippen molar-refractivity contribution in [2.24, 2.45) is 0 Å². The van der Waals surface area contributed by atoms with E-state index in [1.807, 2.05) is 0 Å². The molecule has 1 N–H and O–H groups in total. The Morgan fingerprint density at radius 3 is 2.50 bits per heavy atom. The van der Waals surface area contributed by atoms with E-state index < -0.39 is 43.3 Å². The lowest BCUT2D eigenvalue weighted by atomic mass is 10.1. The van der Waals surface area contributed by atoms with Gasteiger partial charge in [-0.2, -0.15) is 11.8 Å². The molecule has 0 spiro atoms. The average molecular weight is 374 g/mol. The highest BCUT2D eigenvalue weighted by Crippen LogP contribution is 2.25. The van der Waals surface area contributed by atoms with Crippen molar-refractivity contribution < 1.29 is 28.0 Å². The molecule has 0 bridgehead atoms. The van der Waals surface area contributed by atoms with Crippen LogP contribution in [0.3, 0.4) is 0 Å². The zero-order chi connectivity index (χ0) is 18.1. The van der Waals surface area contributed by atoms with E-state index in [4.69, 9.17) is 5.11 Å². The number of nitrogens with zero attached hydrogens (tertiary/aromatic N) is 2. The quantitative estimate of drug-likeness (QED) is 0.605. The van der Waals surface area contributed by atoms with Crippen molar-refractivity contribution in [2.45, 2.75) is 5.37 Å². The largest absolute Gasteiger partial charge is 0.478 e. The minimum Gasteiger partial charge on any atom is -0.478 e. The summed E-state index contributed by atoms with van der Waals surface area (Å²) in [6, 6.07) is 2.81. The molecule has 1 amide bonds. The van der Waals surface area contributed by atoms with Gasteiger partial charge in [0.2, 0.25) is 0 Å². The van der Waals surface area contributed by atoms with Gasteiger partial charge in [0.05, 0.1) is 10.5 Å². The van der Waals surface area contributed by atoms with Crippen molar-refractivity contribution >= 4 is 39.2 Å². The Labute approximate surface area is 141 Å². The van der Waals surface area contributed by atoms with Gasteiger partial charge < -0.3 is 10.0 Å². The first-order valence-corrected chi connectivity index (χ1v) is 9.82. The van der Waals surface area contributed by atoms with Gasteiger partial charge in [0.1, 0.15) is 5.37 Å². The van der Waals surface area contributed by atoms with Crippen LogP contribution in [0.5, 0.6) is 0 Å². The second-order valence-corrected chi connectivity index (χ2v) is 8.54. The lowest BCUT2D eigenvalue weighted by Gasteiger charge is -2.34. The maximum atomic E-state index is 12.6. The number of non-ortho nitro benzene ring substituents is 1. The number of nitro groups is 1. The molecule has 1 unspecified atom stereocenters. The normalized spacial score (nSPS) is 18.2. The first kappa shape index (κ1) is 18.2. The third-order valence-corrected chi connectivity index (χ3v) is 6.11. The van der Waals surface area contributed by atoms with Gasteiger partial charge in [-0.3, -0.25) is 14.9 Å². The predicted molar refractivity (Wildman–Crippen MR) is 87.0 cm³/mol. The molecule has 1 aromatic rings. The molecule has 1 aliphatic rings. The summed E-state index contributed by atoms with van der Waals surface area (Å²) in [6.07, 6.45) is 1.01. The number of carbonyl (C=O) groups is 2. The molecule has 1 atom stereocenters. The summed E-state index contributed by atoms with van der Waals surface area (Å²) >= 11 is 1.39. The minimum atomic E-state index is -3.55. The Bertz CT molecular complexity index is 774. The van der Waals surface area contributed by atoms with E-state index in [1.54, 1.807) is 0 Å². The molecule has 1 fully saturated rings. The number of carboxylic acid groups (broad SMARTS) is 1. The number of amides is 1. The smallest absolute Gasteiger partial charge is 0.335 e. The number of sulfone groups is 1. The van der Waals surface area contributed by atoms with E-state index in [2.05, 4.69) is 0 Å². The van der Waals surface area contributed by atoms with Crippen molar-refractivity contribution in [2.75, 3.05) is 24.3 Å². The van der Waals surface area contributed by atoms with Gasteiger partial charge in [0, 0.05) is 42.0 Å². The average Bonchev–Trinajstić information content (AvgIpc) is 2.52. The van der Waals surface area contributed by atoms with E-state index in [0.717, 1.165) is 29.4 Å². The zero-order valence-electron chi connectivity index (χ0n) is 12.5. The Hall–Kier alpha value is -2.14. The third-order valence-electron chi connectivity index (χ3n) is 3.46. The van der Waals surface area contributed by atoms with Gasteiger partial charge in [0.15, 0.2) is 9.84 Å². The van der Waals surface area contributed by atoms with Gasteiger partial charge >= 0.3 is 5.97 Å². The Morgan fingerprint density at radius 2 is 1.96 bits per heavy atom. The van der Waals surface area contributed by atoms with Crippen molar-refractivity contribution in [3.63, 3.8) is 0 Å². The summed E-state index contributed by atoms with van der Waals surface area (Å²) in [5, 5.41) is 18.9. The fourth-order valence-electron chi connectivity index (χ4n) is 2.30. The van der Waals surface area contributed by atoms with Crippen LogP contribution < -0.4 is 0 Å². The molecule has 1 aliphatic heterocycles. The summed E-state index contributed by atoms with van der Waals surface area (Å²) in [5.41, 5.74) is -1.17. The van der Waals surface area contributed by atoms with Crippen LogP contribution in [0, 0.1) is 10.1 Å². The van der Waals surface area contributed by atoms with Crippen LogP contribution in [0.2, 0.25) is 0 Å². The molecule has 0 aliphatic carbocycles. The molecule has 1 heterocycles. The van der Waals surface area contributed by atoms with Crippen LogP contribution >= 0.6 is 11.8 Å². The number of thioether (sulfide) groups is 1. The van der Waals surface area contributed by atoms with E-state index in [1.165, 1.54) is 11.8 Å². The monoisotopic (exact) mass is 374 g/mol. The number of nitro benzene ring substituents is 1. The van der Waals surface area contributed by atoms with E-state index in [-0.39, 0.29) is 17.9 Å². The molecule has 0 aromatic heterocycles. The number of rotatable bonds is 4. The molecule has 130 valence electrons. The van der Waals surface area contributed by atoms with E-state index in [9.17, 15) is 28.1 Å². The summed E-state index contributed by atoms with van der Waals surface area (Å²) in [6.45, 7) is 0.159. The molecule has 0 radical (unpaired) electrons. The van der Waals surface area contributed by atoms with Gasteiger partial charge in [0.25, 0.3) is 11.6 Å². The molecular weight excluding hydrogens is 360 g/mol. The maximum Gasteiger partial charge on any atom is 0.335 e. The molecule has 24 heavy (non-hydrogen) atoms. The minimum absolute atomic E-state index is 0.159. The highest BCUT2D eigenvalue weighted by Gasteiger charge is 2.35. The molecule has 2 rings (SSSR count). The van der Waals surface area contributed by atoms with Crippen LogP contribution in [-0.4, -0.2) is 64.9 Å². The SMILES string of the molecule is CS(=O)(=O)C1CSCCN1C(=O)c1cc(C(=O)O)cc([N+](=O)[O-])c1. The Morgan fingerprint density at radius 1 is 1.33 bits per heavy atom. The summed E-state index contributed by atoms with van der Waals surface area (Å²) in [4.78, 5) is 35.0. The third kappa shape index (κ3) is 3.85. The second-order valence-electron chi connectivity index (χ2n) is 5.19. The Kier molecular flexibility index (Phi) is 5.13. The topological polar surface area (TPSA) is 135 Å². The van der Waals surface area contributed by atoms with Crippen LogP contribution in [0.4, 0.5) is 5.69 Å². The predicted octanol–water partition coefficient (Wildman–Crippen LogP) is 0.853. The van der Waals surface area contributed by atoms with Crippen molar-refractivity contribution in [1.29, 1.82) is 0 Å². The molecule has 11 heteroatoms. The molecule has 1 saturated heterocycles. The highest BCUT2D eigenvalue weighted by molar-refractivity contribution is 8.00. The summed E-state index contributed by atoms with van der Waals surface area (Å²) in [7, 11) is -3.55. The number of carbonyl (C=O) groups excluding carboxylic acids is 1. The maximum absolute atomic E-state index is 12.6. The first-order valence-electron chi connectivity index (χ1n) is 6.71. The molecule has 1 aromatic carbocycles. The molecule has 9 nitrogen and oxygen atoms in total. The fourth-order valence-corrected chi connectivity index (χ4v) is 5.11. The van der Waals surface area contributed by atoms with Crippen LogP contribution in [0.25, 0.3) is 0 Å². The van der Waals surface area contributed by atoms with Gasteiger partial charge in [-0.15, -0.1) is 0 Å². The number of hydrogen-bond acceptors (Lipinski definition) is 7. The standard InChI is InChI=1S/C13H14N2O7S2/c1-24(21,22)11-7-23-3-2-14(11)12(16)8-4-9(13(17)18)6-10(5-8)15(19)20/h4-6,11H,2-3,7H2,1H3,(H,17,18). The van der Waals surface area contributed by atoms with Crippen LogP contribution in [0.15, 0.2) is 18.2 Å². The van der Waals surface area contributed by atoms with Crippen LogP contribution in [0.1, 0.15) is 20.7 Å². The summed E-state index contributed by atoms with van der Waals surface area (Å²) in [5.74, 6) is -1.43. The van der Waals surface area contributed by atoms with E-state index in [0.29, 0.717) is 5.75 Å². The van der Waals surface area contributed by atoms with Crippen molar-refractivity contribution in [3.8, 4) is 0 Å². The molecule has 0 saturated carbocycles. The number of benzene rings is 1. The lowest BCUT2D eigenvalue weighted by molar-refractivity contribution is -0.384. The van der Waals surface area contributed by atoms with Crippen molar-refractivity contribution in [3.05, 3.63) is 39.4 Å². The second kappa shape index (κ2) is 6.77. The Balaban J connectivity index is 2.47. The van der Waals surface area contributed by atoms with Crippen LogP contribution in [-0.2, 0) is 9.84 Å². The van der Waals surface area contributed by atoms with Gasteiger partial charge in [-0.25, -0.2) is 13.2 Å². The highest BCUT2D eigenvalue weighted by atomic mass is 32.2. The fraction of sp³-hybridized carbons (Fsp3) is 0.385. The molecular formula is C13H14N2O7S2. The first-order chi connectivity index (χ1) is 11.1. The number of aromatic carboxylic acids is 1. The number of carboxylic acids is 1. The van der Waals surface area contributed by atoms with Gasteiger partial charge in [-0.05, 0) is 6.07 Å².